The van der Waals surface area contributed by atoms with E-state index in [9.17, 15) is 13.2 Å². The Kier molecular flexibility index (Phi) is 6.89. The number of alkyl halides is 3. The molecule has 34 heavy (non-hydrogen) atoms. The normalized spacial score (nSPS) is 15.6. The Hall–Kier alpha value is -2.99. The number of anilines is 2. The molecule has 0 aliphatic carbocycles. The standard InChI is InChI=1S/C28H32F3N3/c1-27(2,3)34-18-16-33(17-19-34)23-14-15-24(28(29,30)31)25(20-23)32-26(21-10-6-4-7-11-21)22-12-8-5-9-13-22/h4-15,20,26,32H,16-19H2,1-3H3. The van der Waals surface area contributed by atoms with Crippen LogP contribution in [0.1, 0.15) is 43.5 Å². The van der Waals surface area contributed by atoms with Crippen molar-refractivity contribution in [2.45, 2.75) is 38.5 Å². The molecule has 0 bridgehead atoms. The number of nitrogens with zero attached hydrogens (tertiary/aromatic N) is 2. The molecular weight excluding hydrogens is 435 g/mol. The molecule has 0 spiro atoms. The van der Waals surface area contributed by atoms with E-state index in [4.69, 9.17) is 0 Å². The lowest BCUT2D eigenvalue weighted by Gasteiger charge is -2.43. The van der Waals surface area contributed by atoms with Gasteiger partial charge in [0.15, 0.2) is 0 Å². The first kappa shape index (κ1) is 24.1. The summed E-state index contributed by atoms with van der Waals surface area (Å²) < 4.78 is 42.0. The van der Waals surface area contributed by atoms with E-state index in [1.165, 1.54) is 6.07 Å². The highest BCUT2D eigenvalue weighted by atomic mass is 19.4. The van der Waals surface area contributed by atoms with Gasteiger partial charge in [0, 0.05) is 43.1 Å². The monoisotopic (exact) mass is 467 g/mol. The van der Waals surface area contributed by atoms with Gasteiger partial charge in [-0.1, -0.05) is 60.7 Å². The fourth-order valence-corrected chi connectivity index (χ4v) is 4.54. The van der Waals surface area contributed by atoms with Crippen LogP contribution in [0.15, 0.2) is 78.9 Å². The van der Waals surface area contributed by atoms with Gasteiger partial charge >= 0.3 is 6.18 Å². The Labute approximate surface area is 200 Å². The van der Waals surface area contributed by atoms with Crippen molar-refractivity contribution in [1.29, 1.82) is 0 Å². The fourth-order valence-electron chi connectivity index (χ4n) is 4.54. The quantitative estimate of drug-likeness (QED) is 0.444. The zero-order valence-corrected chi connectivity index (χ0v) is 19.9. The number of halogens is 3. The van der Waals surface area contributed by atoms with Gasteiger partial charge in [-0.3, -0.25) is 4.90 Å². The maximum Gasteiger partial charge on any atom is 0.418 e. The smallest absolute Gasteiger partial charge is 0.374 e. The van der Waals surface area contributed by atoms with E-state index >= 15 is 0 Å². The Morgan fingerprint density at radius 1 is 0.735 bits per heavy atom. The zero-order chi connectivity index (χ0) is 24.3. The Balaban J connectivity index is 1.68. The van der Waals surface area contributed by atoms with Gasteiger partial charge in [0.25, 0.3) is 0 Å². The molecule has 6 heteroatoms. The van der Waals surface area contributed by atoms with E-state index in [2.05, 4.69) is 35.9 Å². The average molecular weight is 468 g/mol. The number of benzene rings is 3. The molecule has 1 heterocycles. The molecule has 1 fully saturated rings. The van der Waals surface area contributed by atoms with Gasteiger partial charge < -0.3 is 10.2 Å². The highest BCUT2D eigenvalue weighted by Crippen LogP contribution is 2.39. The van der Waals surface area contributed by atoms with Gasteiger partial charge in [0.05, 0.1) is 11.6 Å². The highest BCUT2D eigenvalue weighted by Gasteiger charge is 2.35. The molecule has 1 N–H and O–H groups in total. The first-order chi connectivity index (χ1) is 16.1. The highest BCUT2D eigenvalue weighted by molar-refractivity contribution is 5.65. The van der Waals surface area contributed by atoms with Crippen LogP contribution in [0.4, 0.5) is 24.5 Å². The van der Waals surface area contributed by atoms with Crippen LogP contribution >= 0.6 is 0 Å². The Morgan fingerprint density at radius 2 is 1.26 bits per heavy atom. The number of rotatable bonds is 5. The fraction of sp³-hybridized carbons (Fsp3) is 0.357. The molecule has 0 saturated carbocycles. The molecule has 4 rings (SSSR count). The molecule has 3 aromatic carbocycles. The molecule has 0 amide bonds. The van der Waals surface area contributed by atoms with E-state index in [1.807, 2.05) is 60.7 Å². The molecule has 1 aliphatic rings. The average Bonchev–Trinajstić information content (AvgIpc) is 2.82. The third kappa shape index (κ3) is 5.55. The van der Waals surface area contributed by atoms with E-state index < -0.39 is 17.8 Å². The summed E-state index contributed by atoms with van der Waals surface area (Å²) in [5.41, 5.74) is 2.15. The SMILES string of the molecule is CC(C)(C)N1CCN(c2ccc(C(F)(F)F)c(NC(c3ccccc3)c3ccccc3)c2)CC1. The van der Waals surface area contributed by atoms with Crippen LogP contribution in [0, 0.1) is 0 Å². The predicted molar refractivity (Wildman–Crippen MR) is 133 cm³/mol. The van der Waals surface area contributed by atoms with E-state index in [-0.39, 0.29) is 11.2 Å². The summed E-state index contributed by atoms with van der Waals surface area (Å²) >= 11 is 0. The summed E-state index contributed by atoms with van der Waals surface area (Å²) in [5.74, 6) is 0. The molecule has 3 aromatic rings. The van der Waals surface area contributed by atoms with Gasteiger partial charge in [0.2, 0.25) is 0 Å². The number of nitrogens with one attached hydrogen (secondary N) is 1. The Bertz CT molecular complexity index is 1030. The molecule has 180 valence electrons. The molecule has 3 nitrogen and oxygen atoms in total. The van der Waals surface area contributed by atoms with Crippen molar-refractivity contribution in [3.63, 3.8) is 0 Å². The minimum absolute atomic E-state index is 0.0809. The summed E-state index contributed by atoms with van der Waals surface area (Å²) in [6.45, 7) is 9.89. The number of hydrogen-bond donors (Lipinski definition) is 1. The lowest BCUT2D eigenvalue weighted by Crippen LogP contribution is -2.53. The second kappa shape index (κ2) is 9.71. The summed E-state index contributed by atoms with van der Waals surface area (Å²) in [5, 5.41) is 3.24. The number of piperazine rings is 1. The van der Waals surface area contributed by atoms with E-state index in [0.29, 0.717) is 0 Å². The van der Waals surface area contributed by atoms with Crippen LogP contribution in [0.25, 0.3) is 0 Å². The Morgan fingerprint density at radius 3 is 1.74 bits per heavy atom. The van der Waals surface area contributed by atoms with Gasteiger partial charge in [-0.25, -0.2) is 0 Å². The topological polar surface area (TPSA) is 18.5 Å². The lowest BCUT2D eigenvalue weighted by atomic mass is 9.97. The summed E-state index contributed by atoms with van der Waals surface area (Å²) in [6.07, 6.45) is -4.45. The third-order valence-corrected chi connectivity index (χ3v) is 6.47. The van der Waals surface area contributed by atoms with Crippen LogP contribution in [-0.2, 0) is 6.18 Å². The van der Waals surface area contributed by atoms with Crippen molar-refractivity contribution in [2.75, 3.05) is 36.4 Å². The molecule has 0 atom stereocenters. The van der Waals surface area contributed by atoms with Gasteiger partial charge in [0.1, 0.15) is 0 Å². The van der Waals surface area contributed by atoms with Crippen LogP contribution in [0.2, 0.25) is 0 Å². The van der Waals surface area contributed by atoms with E-state index in [1.54, 1.807) is 12.1 Å². The largest absolute Gasteiger partial charge is 0.418 e. The van der Waals surface area contributed by atoms with Crippen molar-refractivity contribution >= 4 is 11.4 Å². The zero-order valence-electron chi connectivity index (χ0n) is 19.9. The van der Waals surface area contributed by atoms with Crippen molar-refractivity contribution in [1.82, 2.24) is 4.90 Å². The predicted octanol–water partition coefficient (Wildman–Crippen LogP) is 6.83. The maximum absolute atomic E-state index is 14.0. The van der Waals surface area contributed by atoms with E-state index in [0.717, 1.165) is 43.0 Å². The second-order valence-corrected chi connectivity index (χ2v) is 9.77. The molecular formula is C28H32F3N3. The van der Waals surface area contributed by atoms with Crippen LogP contribution in [0.3, 0.4) is 0 Å². The molecule has 0 aromatic heterocycles. The van der Waals surface area contributed by atoms with Crippen molar-refractivity contribution in [3.05, 3.63) is 95.6 Å². The third-order valence-electron chi connectivity index (χ3n) is 6.47. The number of hydrogen-bond acceptors (Lipinski definition) is 3. The summed E-state index contributed by atoms with van der Waals surface area (Å²) in [6, 6.07) is 23.3. The van der Waals surface area contributed by atoms with Gasteiger partial charge in [-0.05, 0) is 50.1 Å². The lowest BCUT2D eigenvalue weighted by molar-refractivity contribution is -0.137. The van der Waals surface area contributed by atoms with Crippen LogP contribution in [0.5, 0.6) is 0 Å². The van der Waals surface area contributed by atoms with Crippen molar-refractivity contribution in [2.24, 2.45) is 0 Å². The molecule has 1 saturated heterocycles. The van der Waals surface area contributed by atoms with Crippen molar-refractivity contribution < 1.29 is 13.2 Å². The van der Waals surface area contributed by atoms with Crippen LogP contribution < -0.4 is 10.2 Å². The first-order valence-corrected chi connectivity index (χ1v) is 11.7. The molecule has 0 unspecified atom stereocenters. The summed E-state index contributed by atoms with van der Waals surface area (Å²) in [4.78, 5) is 4.58. The minimum Gasteiger partial charge on any atom is -0.374 e. The van der Waals surface area contributed by atoms with Gasteiger partial charge in [-0.2, -0.15) is 13.2 Å². The summed E-state index contributed by atoms with van der Waals surface area (Å²) in [7, 11) is 0. The molecule has 0 radical (unpaired) electrons. The first-order valence-electron chi connectivity index (χ1n) is 11.7. The maximum atomic E-state index is 14.0. The van der Waals surface area contributed by atoms with Crippen molar-refractivity contribution in [3.8, 4) is 0 Å². The molecule has 1 aliphatic heterocycles. The van der Waals surface area contributed by atoms with Gasteiger partial charge in [-0.15, -0.1) is 0 Å². The van der Waals surface area contributed by atoms with Crippen LogP contribution in [-0.4, -0.2) is 36.6 Å². The minimum atomic E-state index is -4.45. The second-order valence-electron chi connectivity index (χ2n) is 9.77.